The Morgan fingerprint density at radius 1 is 0.861 bits per heavy atom. The minimum Gasteiger partial charge on any atom is -0.460 e. The lowest BCUT2D eigenvalue weighted by Gasteiger charge is -2.25. The molecular formula is C31H35NO4. The third-order valence-electron chi connectivity index (χ3n) is 6.52. The highest BCUT2D eigenvalue weighted by molar-refractivity contribution is 5.88. The molecule has 3 aromatic carbocycles. The second kappa shape index (κ2) is 10.2. The number of esters is 1. The molecule has 1 unspecified atom stereocenters. The number of rotatable bonds is 6. The molecule has 0 aliphatic heterocycles. The van der Waals surface area contributed by atoms with Gasteiger partial charge in [-0.15, -0.1) is 0 Å². The lowest BCUT2D eigenvalue weighted by Crippen LogP contribution is -2.27. The van der Waals surface area contributed by atoms with Gasteiger partial charge in [0.2, 0.25) is 0 Å². The molecule has 1 atom stereocenters. The van der Waals surface area contributed by atoms with Crippen LogP contribution in [0.2, 0.25) is 0 Å². The highest BCUT2D eigenvalue weighted by atomic mass is 16.6. The van der Waals surface area contributed by atoms with Gasteiger partial charge < -0.3 is 9.47 Å². The van der Waals surface area contributed by atoms with E-state index in [1.165, 1.54) is 22.3 Å². The Balaban J connectivity index is 1.52. The maximum atomic E-state index is 12.9. The molecule has 1 N–H and O–H groups in total. The van der Waals surface area contributed by atoms with Crippen LogP contribution in [0.15, 0.2) is 66.7 Å². The summed E-state index contributed by atoms with van der Waals surface area (Å²) in [4.78, 5) is 25.7. The van der Waals surface area contributed by atoms with E-state index in [1.54, 1.807) is 0 Å². The molecule has 0 fully saturated rings. The second-order valence-electron chi connectivity index (χ2n) is 10.7. The van der Waals surface area contributed by atoms with E-state index in [0.29, 0.717) is 5.69 Å². The number of anilines is 1. The van der Waals surface area contributed by atoms with Crippen LogP contribution < -0.4 is 5.32 Å². The first-order valence-corrected chi connectivity index (χ1v) is 12.5. The van der Waals surface area contributed by atoms with Crippen molar-refractivity contribution in [3.63, 3.8) is 0 Å². The fraction of sp³-hybridized carbons (Fsp3) is 0.355. The highest BCUT2D eigenvalue weighted by Crippen LogP contribution is 2.44. The molecule has 1 amide bonds. The average Bonchev–Trinajstić information content (AvgIpc) is 3.14. The Bertz CT molecular complexity index is 1230. The van der Waals surface area contributed by atoms with Gasteiger partial charge in [-0.2, -0.15) is 0 Å². The summed E-state index contributed by atoms with van der Waals surface area (Å²) in [6.07, 6.45) is -0.513. The Morgan fingerprint density at radius 2 is 1.44 bits per heavy atom. The zero-order chi connectivity index (χ0) is 26.0. The summed E-state index contributed by atoms with van der Waals surface area (Å²) in [5, 5.41) is 2.93. The lowest BCUT2D eigenvalue weighted by atomic mass is 9.88. The summed E-state index contributed by atoms with van der Waals surface area (Å²) in [6.45, 7) is 11.7. The van der Waals surface area contributed by atoms with E-state index in [2.05, 4.69) is 29.6 Å². The summed E-state index contributed by atoms with van der Waals surface area (Å²) in [5.74, 6) is -0.685. The molecule has 0 aromatic heterocycles. The Kier molecular flexibility index (Phi) is 7.21. The van der Waals surface area contributed by atoms with Crippen molar-refractivity contribution in [2.45, 2.75) is 64.9 Å². The molecule has 0 radical (unpaired) electrons. The molecule has 4 rings (SSSR count). The lowest BCUT2D eigenvalue weighted by molar-refractivity contribution is -0.156. The quantitative estimate of drug-likeness (QED) is 0.365. The molecule has 0 heterocycles. The first kappa shape index (κ1) is 25.5. The summed E-state index contributed by atoms with van der Waals surface area (Å²) < 4.78 is 11.4. The molecule has 3 aromatic rings. The van der Waals surface area contributed by atoms with Crippen LogP contribution in [0.1, 0.15) is 81.5 Å². The van der Waals surface area contributed by atoms with Crippen LogP contribution >= 0.6 is 0 Å². The largest absolute Gasteiger partial charge is 0.460 e. The molecule has 1 aliphatic carbocycles. The van der Waals surface area contributed by atoms with Gasteiger partial charge in [0.05, 0.1) is 5.92 Å². The maximum absolute atomic E-state index is 12.9. The van der Waals surface area contributed by atoms with Gasteiger partial charge in [0, 0.05) is 11.6 Å². The van der Waals surface area contributed by atoms with Gasteiger partial charge in [-0.25, -0.2) is 4.79 Å². The SMILES string of the molecule is CC(C)c1c(NC(=O)OCC2c3ccccc3-c3ccccc32)cccc1C(C)C(=O)OC(C)(C)C. The monoisotopic (exact) mass is 485 g/mol. The van der Waals surface area contributed by atoms with Gasteiger partial charge in [-0.3, -0.25) is 10.1 Å². The number of benzene rings is 3. The molecule has 36 heavy (non-hydrogen) atoms. The molecule has 5 heteroatoms. The fourth-order valence-electron chi connectivity index (χ4n) is 4.98. The van der Waals surface area contributed by atoms with E-state index in [4.69, 9.17) is 9.47 Å². The molecule has 0 saturated heterocycles. The van der Waals surface area contributed by atoms with E-state index < -0.39 is 17.6 Å². The van der Waals surface area contributed by atoms with Gasteiger partial charge in [0.25, 0.3) is 0 Å². The second-order valence-corrected chi connectivity index (χ2v) is 10.7. The van der Waals surface area contributed by atoms with Crippen molar-refractivity contribution in [2.24, 2.45) is 0 Å². The number of hydrogen-bond acceptors (Lipinski definition) is 4. The van der Waals surface area contributed by atoms with Crippen molar-refractivity contribution in [3.8, 4) is 11.1 Å². The average molecular weight is 486 g/mol. The van der Waals surface area contributed by atoms with Crippen LogP contribution in [0.25, 0.3) is 11.1 Å². The first-order chi connectivity index (χ1) is 17.1. The number of hydrogen-bond donors (Lipinski definition) is 1. The predicted molar refractivity (Wildman–Crippen MR) is 143 cm³/mol. The van der Waals surface area contributed by atoms with Gasteiger partial charge in [0.1, 0.15) is 12.2 Å². The number of carbonyl (C=O) groups excluding carboxylic acids is 2. The normalized spacial score (nSPS) is 13.6. The van der Waals surface area contributed by atoms with E-state index in [1.807, 2.05) is 84.0 Å². The number of fused-ring (bicyclic) bond motifs is 3. The Morgan fingerprint density at radius 3 is 2.00 bits per heavy atom. The topological polar surface area (TPSA) is 64.6 Å². The van der Waals surface area contributed by atoms with Gasteiger partial charge >= 0.3 is 12.1 Å². The maximum Gasteiger partial charge on any atom is 0.411 e. The van der Waals surface area contributed by atoms with Crippen molar-refractivity contribution in [2.75, 3.05) is 11.9 Å². The van der Waals surface area contributed by atoms with Crippen molar-refractivity contribution >= 4 is 17.7 Å². The molecule has 5 nitrogen and oxygen atoms in total. The van der Waals surface area contributed by atoms with Gasteiger partial charge in [-0.05, 0) is 73.1 Å². The molecule has 0 spiro atoms. The van der Waals surface area contributed by atoms with Crippen LogP contribution in [-0.2, 0) is 14.3 Å². The Hall–Kier alpha value is -3.60. The zero-order valence-corrected chi connectivity index (χ0v) is 21.9. The Labute approximate surface area is 213 Å². The van der Waals surface area contributed by atoms with E-state index in [-0.39, 0.29) is 24.4 Å². The van der Waals surface area contributed by atoms with Crippen molar-refractivity contribution < 1.29 is 19.1 Å². The van der Waals surface area contributed by atoms with Crippen molar-refractivity contribution in [1.29, 1.82) is 0 Å². The standard InChI is InChI=1S/C31H35NO4/c1-19(2)28-21(20(3)29(33)36-31(4,5)6)16-11-17-27(28)32-30(34)35-18-26-24-14-9-7-12-22(24)23-13-8-10-15-25(23)26/h7-17,19-20,26H,18H2,1-6H3,(H,32,34). The number of carbonyl (C=O) groups is 2. The van der Waals surface area contributed by atoms with Crippen LogP contribution in [0, 0.1) is 0 Å². The summed E-state index contributed by atoms with van der Waals surface area (Å²) >= 11 is 0. The van der Waals surface area contributed by atoms with Gasteiger partial charge in [0.15, 0.2) is 0 Å². The molecule has 188 valence electrons. The first-order valence-electron chi connectivity index (χ1n) is 12.5. The third-order valence-corrected chi connectivity index (χ3v) is 6.52. The van der Waals surface area contributed by atoms with Crippen LogP contribution in [0.4, 0.5) is 10.5 Å². The predicted octanol–water partition coefficient (Wildman–Crippen LogP) is 7.62. The minimum atomic E-state index is -0.569. The highest BCUT2D eigenvalue weighted by Gasteiger charge is 2.30. The van der Waals surface area contributed by atoms with Crippen LogP contribution in [0.5, 0.6) is 0 Å². The molecular weight excluding hydrogens is 450 g/mol. The van der Waals surface area contributed by atoms with E-state index in [9.17, 15) is 9.59 Å². The zero-order valence-electron chi connectivity index (χ0n) is 21.9. The fourth-order valence-corrected chi connectivity index (χ4v) is 4.98. The van der Waals surface area contributed by atoms with Crippen molar-refractivity contribution in [1.82, 2.24) is 0 Å². The molecule has 0 saturated carbocycles. The van der Waals surface area contributed by atoms with E-state index in [0.717, 1.165) is 11.1 Å². The number of amides is 1. The number of nitrogens with one attached hydrogen (secondary N) is 1. The minimum absolute atomic E-state index is 0.00811. The molecule has 1 aliphatic rings. The van der Waals surface area contributed by atoms with Crippen LogP contribution in [0.3, 0.4) is 0 Å². The summed E-state index contributed by atoms with van der Waals surface area (Å²) in [7, 11) is 0. The van der Waals surface area contributed by atoms with E-state index >= 15 is 0 Å². The summed E-state index contributed by atoms with van der Waals surface area (Å²) in [6, 6.07) is 22.1. The third kappa shape index (κ3) is 5.30. The van der Waals surface area contributed by atoms with Crippen molar-refractivity contribution in [3.05, 3.63) is 89.0 Å². The van der Waals surface area contributed by atoms with Gasteiger partial charge in [-0.1, -0.05) is 74.5 Å². The summed E-state index contributed by atoms with van der Waals surface area (Å²) in [5.41, 5.74) is 6.54. The smallest absolute Gasteiger partial charge is 0.411 e. The molecule has 0 bridgehead atoms. The van der Waals surface area contributed by atoms with Crippen LogP contribution in [-0.4, -0.2) is 24.3 Å². The number of ether oxygens (including phenoxy) is 2.